The third kappa shape index (κ3) is 3.91. The van der Waals surface area contributed by atoms with Crippen LogP contribution < -0.4 is 4.90 Å². The zero-order chi connectivity index (χ0) is 32.8. The summed E-state index contributed by atoms with van der Waals surface area (Å²) in [5.41, 5.74) is 8.61. The Labute approximate surface area is 291 Å². The lowest BCUT2D eigenvalue weighted by Crippen LogP contribution is -2.11. The van der Waals surface area contributed by atoms with E-state index < -0.39 is 0 Å². The van der Waals surface area contributed by atoms with E-state index in [0.29, 0.717) is 0 Å². The minimum Gasteiger partial charge on any atom is -0.455 e. The number of hydrogen-bond donors (Lipinski definition) is 0. The van der Waals surface area contributed by atoms with Gasteiger partial charge in [-0.3, -0.25) is 0 Å². The van der Waals surface area contributed by atoms with Crippen molar-refractivity contribution in [3.8, 4) is 5.69 Å². The third-order valence-electron chi connectivity index (χ3n) is 10.2. The van der Waals surface area contributed by atoms with Gasteiger partial charge in [-0.2, -0.15) is 0 Å². The maximum atomic E-state index is 6.73. The summed E-state index contributed by atoms with van der Waals surface area (Å²) >= 11 is 1.85. The molecule has 0 aliphatic rings. The highest BCUT2D eigenvalue weighted by Crippen LogP contribution is 2.49. The number of aromatic nitrogens is 1. The molecule has 0 atom stereocenters. The molecule has 0 aliphatic carbocycles. The summed E-state index contributed by atoms with van der Waals surface area (Å²) in [5.74, 6) is 0. The molecule has 0 amide bonds. The standard InChI is InChI=1S/C46H28N2OS/c1-2-13-30(14-3-1)47-37-18-8-6-16-33(37)34-27-25-31(28-40(34)47)48(39-20-11-23-43-45(39)35-17-7-9-22-42(35)50-43)38-19-10-21-41-44(38)36-26-24-29-12-4-5-15-32(29)46(36)49-41/h1-28H. The molecule has 0 saturated heterocycles. The summed E-state index contributed by atoms with van der Waals surface area (Å²) in [6.45, 7) is 0. The molecule has 0 bridgehead atoms. The van der Waals surface area contributed by atoms with Crippen molar-refractivity contribution in [2.24, 2.45) is 0 Å². The predicted molar refractivity (Wildman–Crippen MR) is 213 cm³/mol. The summed E-state index contributed by atoms with van der Waals surface area (Å²) in [6.07, 6.45) is 0. The van der Waals surface area contributed by atoms with Gasteiger partial charge in [-0.25, -0.2) is 0 Å². The number of rotatable bonds is 4. The van der Waals surface area contributed by atoms with Crippen molar-refractivity contribution in [3.05, 3.63) is 170 Å². The number of hydrogen-bond acceptors (Lipinski definition) is 3. The predicted octanol–water partition coefficient (Wildman–Crippen LogP) is 13.7. The fraction of sp³-hybridized carbons (Fsp3) is 0. The topological polar surface area (TPSA) is 21.3 Å². The van der Waals surface area contributed by atoms with Crippen molar-refractivity contribution in [3.63, 3.8) is 0 Å². The fourth-order valence-corrected chi connectivity index (χ4v) is 9.15. The van der Waals surface area contributed by atoms with Gasteiger partial charge < -0.3 is 13.9 Å². The molecule has 0 unspecified atom stereocenters. The van der Waals surface area contributed by atoms with Crippen LogP contribution in [0.2, 0.25) is 0 Å². The number of furan rings is 1. The van der Waals surface area contributed by atoms with E-state index in [1.54, 1.807) is 0 Å². The van der Waals surface area contributed by atoms with E-state index in [1.165, 1.54) is 41.8 Å². The van der Waals surface area contributed by atoms with Crippen LogP contribution >= 0.6 is 11.3 Å². The van der Waals surface area contributed by atoms with Crippen LogP contribution in [0.5, 0.6) is 0 Å². The lowest BCUT2D eigenvalue weighted by Gasteiger charge is -2.27. The zero-order valence-corrected chi connectivity index (χ0v) is 27.7. The monoisotopic (exact) mass is 656 g/mol. The molecular weight excluding hydrogens is 629 g/mol. The molecule has 3 heterocycles. The SMILES string of the molecule is c1ccc(-n2c3ccccc3c3ccc(N(c4cccc5oc6c7ccccc7ccc6c45)c4cccc5sc6ccccc6c45)cc32)cc1. The molecular formula is C46H28N2OS. The van der Waals surface area contributed by atoms with Gasteiger partial charge in [0, 0.05) is 53.1 Å². The molecule has 3 nitrogen and oxygen atoms in total. The van der Waals surface area contributed by atoms with Crippen molar-refractivity contribution in [1.82, 2.24) is 4.57 Å². The van der Waals surface area contributed by atoms with Crippen molar-refractivity contribution >= 4 is 103 Å². The van der Waals surface area contributed by atoms with Gasteiger partial charge in [0.15, 0.2) is 0 Å². The highest BCUT2D eigenvalue weighted by Gasteiger charge is 2.24. The number of nitrogens with zero attached hydrogens (tertiary/aromatic N) is 2. The fourth-order valence-electron chi connectivity index (χ4n) is 8.02. The molecule has 4 heteroatoms. The van der Waals surface area contributed by atoms with E-state index in [0.717, 1.165) is 55.6 Å². The summed E-state index contributed by atoms with van der Waals surface area (Å²) in [5, 5.41) is 9.50. The number of fused-ring (bicyclic) bond motifs is 11. The molecule has 234 valence electrons. The Bertz CT molecular complexity index is 3110. The first kappa shape index (κ1) is 27.6. The van der Waals surface area contributed by atoms with E-state index in [9.17, 15) is 0 Å². The van der Waals surface area contributed by atoms with Gasteiger partial charge in [0.25, 0.3) is 0 Å². The highest BCUT2D eigenvalue weighted by atomic mass is 32.1. The minimum atomic E-state index is 0.876. The van der Waals surface area contributed by atoms with E-state index in [4.69, 9.17) is 4.42 Å². The van der Waals surface area contributed by atoms with Gasteiger partial charge >= 0.3 is 0 Å². The van der Waals surface area contributed by atoms with Crippen LogP contribution in [0.15, 0.2) is 174 Å². The molecule has 0 fully saturated rings. The van der Waals surface area contributed by atoms with Gasteiger partial charge in [0.05, 0.1) is 27.8 Å². The van der Waals surface area contributed by atoms with Crippen LogP contribution in [-0.4, -0.2) is 4.57 Å². The van der Waals surface area contributed by atoms with Gasteiger partial charge in [-0.1, -0.05) is 103 Å². The molecule has 3 aromatic heterocycles. The second-order valence-corrected chi connectivity index (χ2v) is 14.0. The Hall–Kier alpha value is -6.36. The van der Waals surface area contributed by atoms with Crippen LogP contribution in [0.4, 0.5) is 17.1 Å². The smallest absolute Gasteiger partial charge is 0.143 e. The molecule has 8 aromatic carbocycles. The Morgan fingerprint density at radius 1 is 0.460 bits per heavy atom. The first-order valence-corrected chi connectivity index (χ1v) is 17.8. The lowest BCUT2D eigenvalue weighted by atomic mass is 10.0. The van der Waals surface area contributed by atoms with Crippen LogP contribution in [0.25, 0.3) is 80.4 Å². The quantitative estimate of drug-likeness (QED) is 0.188. The minimum absolute atomic E-state index is 0.876. The number of anilines is 3. The van der Waals surface area contributed by atoms with E-state index in [2.05, 4.69) is 179 Å². The molecule has 0 N–H and O–H groups in total. The van der Waals surface area contributed by atoms with Crippen molar-refractivity contribution in [1.29, 1.82) is 0 Å². The summed E-state index contributed by atoms with van der Waals surface area (Å²) in [7, 11) is 0. The summed E-state index contributed by atoms with van der Waals surface area (Å²) < 4.78 is 11.7. The van der Waals surface area contributed by atoms with Crippen molar-refractivity contribution in [2.45, 2.75) is 0 Å². The molecule has 0 aliphatic heterocycles. The van der Waals surface area contributed by atoms with E-state index in [-0.39, 0.29) is 0 Å². The van der Waals surface area contributed by atoms with E-state index in [1.807, 2.05) is 11.3 Å². The summed E-state index contributed by atoms with van der Waals surface area (Å²) in [6, 6.07) is 61.2. The second-order valence-electron chi connectivity index (χ2n) is 12.9. The van der Waals surface area contributed by atoms with Crippen molar-refractivity contribution in [2.75, 3.05) is 4.90 Å². The van der Waals surface area contributed by atoms with E-state index >= 15 is 0 Å². The number of para-hydroxylation sites is 2. The van der Waals surface area contributed by atoms with Gasteiger partial charge in [-0.15, -0.1) is 11.3 Å². The molecule has 0 spiro atoms. The Morgan fingerprint density at radius 2 is 1.14 bits per heavy atom. The molecule has 0 radical (unpaired) electrons. The van der Waals surface area contributed by atoms with Gasteiger partial charge in [-0.05, 0) is 72.1 Å². The summed E-state index contributed by atoms with van der Waals surface area (Å²) in [4.78, 5) is 2.46. The van der Waals surface area contributed by atoms with Crippen LogP contribution in [0.3, 0.4) is 0 Å². The Balaban J connectivity index is 1.27. The van der Waals surface area contributed by atoms with Gasteiger partial charge in [0.1, 0.15) is 11.2 Å². The number of benzene rings is 8. The largest absolute Gasteiger partial charge is 0.455 e. The lowest BCUT2D eigenvalue weighted by molar-refractivity contribution is 0.672. The molecule has 11 aromatic rings. The zero-order valence-electron chi connectivity index (χ0n) is 26.9. The average molecular weight is 657 g/mol. The Morgan fingerprint density at radius 3 is 2.04 bits per heavy atom. The highest BCUT2D eigenvalue weighted by molar-refractivity contribution is 7.26. The van der Waals surface area contributed by atoms with Crippen LogP contribution in [-0.2, 0) is 0 Å². The average Bonchev–Trinajstić information content (AvgIpc) is 3.85. The van der Waals surface area contributed by atoms with Crippen LogP contribution in [0, 0.1) is 0 Å². The number of thiophene rings is 1. The maximum absolute atomic E-state index is 6.73. The first-order valence-electron chi connectivity index (χ1n) is 16.9. The second kappa shape index (κ2) is 10.6. The maximum Gasteiger partial charge on any atom is 0.143 e. The van der Waals surface area contributed by atoms with Gasteiger partial charge in [0.2, 0.25) is 0 Å². The molecule has 50 heavy (non-hydrogen) atoms. The normalized spacial score (nSPS) is 12.0. The van der Waals surface area contributed by atoms with Crippen molar-refractivity contribution < 1.29 is 4.42 Å². The molecule has 11 rings (SSSR count). The first-order chi connectivity index (χ1) is 24.8. The Kier molecular flexibility index (Phi) is 5.83. The van der Waals surface area contributed by atoms with Crippen LogP contribution in [0.1, 0.15) is 0 Å². The third-order valence-corrected chi connectivity index (χ3v) is 11.3. The molecule has 0 saturated carbocycles.